The van der Waals surface area contributed by atoms with Gasteiger partial charge in [-0.2, -0.15) is 13.2 Å². The van der Waals surface area contributed by atoms with Gasteiger partial charge in [-0.05, 0) is 19.9 Å². The van der Waals surface area contributed by atoms with Crippen LogP contribution in [0.2, 0.25) is 0 Å². The highest BCUT2D eigenvalue weighted by Crippen LogP contribution is 2.22. The Morgan fingerprint density at radius 1 is 1.43 bits per heavy atom. The van der Waals surface area contributed by atoms with Crippen molar-refractivity contribution in [1.82, 2.24) is 14.9 Å². The van der Waals surface area contributed by atoms with Crippen LogP contribution in [0, 0.1) is 13.8 Å². The molecule has 126 valence electrons. The molecule has 5 nitrogen and oxygen atoms in total. The summed E-state index contributed by atoms with van der Waals surface area (Å²) in [7, 11) is 0. The number of hydrogen-bond donors (Lipinski definition) is 1. The van der Waals surface area contributed by atoms with E-state index in [1.807, 2.05) is 16.9 Å². The lowest BCUT2D eigenvalue weighted by Crippen LogP contribution is -2.29. The summed E-state index contributed by atoms with van der Waals surface area (Å²) >= 11 is 1.45. The zero-order valence-electron chi connectivity index (χ0n) is 12.6. The number of aromatic nitrogens is 2. The van der Waals surface area contributed by atoms with E-state index in [0.29, 0.717) is 5.56 Å². The van der Waals surface area contributed by atoms with Gasteiger partial charge in [-0.3, -0.25) is 9.36 Å². The zero-order chi connectivity index (χ0) is 17.0. The van der Waals surface area contributed by atoms with Crippen LogP contribution in [-0.2, 0) is 4.74 Å². The van der Waals surface area contributed by atoms with Crippen LogP contribution >= 0.6 is 11.3 Å². The molecule has 0 aliphatic rings. The van der Waals surface area contributed by atoms with E-state index >= 15 is 0 Å². The van der Waals surface area contributed by atoms with Crippen molar-refractivity contribution in [2.75, 3.05) is 19.8 Å². The number of carbonyl (C=O) groups excluding carboxylic acids is 1. The Kier molecular flexibility index (Phi) is 5.42. The molecule has 0 bridgehead atoms. The Balaban J connectivity index is 1.94. The van der Waals surface area contributed by atoms with Crippen LogP contribution in [0.1, 0.15) is 21.7 Å². The van der Waals surface area contributed by atoms with Gasteiger partial charge >= 0.3 is 6.18 Å². The topological polar surface area (TPSA) is 56.1 Å². The van der Waals surface area contributed by atoms with Crippen molar-refractivity contribution in [1.29, 1.82) is 0 Å². The Morgan fingerprint density at radius 2 is 2.17 bits per heavy atom. The minimum atomic E-state index is -4.36. The largest absolute Gasteiger partial charge is 0.411 e. The van der Waals surface area contributed by atoms with Crippen molar-refractivity contribution in [3.63, 3.8) is 0 Å². The van der Waals surface area contributed by atoms with Gasteiger partial charge in [0.05, 0.1) is 12.2 Å². The third kappa shape index (κ3) is 4.55. The number of alkyl halides is 3. The van der Waals surface area contributed by atoms with Gasteiger partial charge in [0.2, 0.25) is 0 Å². The van der Waals surface area contributed by atoms with Gasteiger partial charge in [0, 0.05) is 29.5 Å². The standard InChI is InChI=1S/C14H16F3N3O2S/c1-9-7-11(10(2)20(9)13-19-4-6-23-13)12(21)18-3-5-22-8-14(15,16)17/h4,6-7H,3,5,8H2,1-2H3,(H,18,21). The maximum atomic E-state index is 12.1. The molecule has 0 atom stereocenters. The number of nitrogens with one attached hydrogen (secondary N) is 1. The van der Waals surface area contributed by atoms with Crippen LogP contribution in [0.3, 0.4) is 0 Å². The molecule has 9 heteroatoms. The van der Waals surface area contributed by atoms with Gasteiger partial charge in [0.25, 0.3) is 5.91 Å². The van der Waals surface area contributed by atoms with E-state index in [1.165, 1.54) is 11.3 Å². The first-order valence-corrected chi connectivity index (χ1v) is 7.69. The third-order valence-corrected chi connectivity index (χ3v) is 3.84. The average Bonchev–Trinajstić information content (AvgIpc) is 3.05. The second kappa shape index (κ2) is 7.14. The van der Waals surface area contributed by atoms with Crippen molar-refractivity contribution in [3.8, 4) is 5.13 Å². The number of thiazole rings is 1. The molecular weight excluding hydrogens is 331 g/mol. The van der Waals surface area contributed by atoms with Crippen molar-refractivity contribution < 1.29 is 22.7 Å². The lowest BCUT2D eigenvalue weighted by molar-refractivity contribution is -0.173. The molecule has 1 amide bonds. The van der Waals surface area contributed by atoms with Crippen LogP contribution in [-0.4, -0.2) is 41.4 Å². The summed E-state index contributed by atoms with van der Waals surface area (Å²) in [5.41, 5.74) is 2.05. The maximum Gasteiger partial charge on any atom is 0.411 e. The summed E-state index contributed by atoms with van der Waals surface area (Å²) < 4.78 is 42.1. The predicted molar refractivity (Wildman–Crippen MR) is 80.1 cm³/mol. The van der Waals surface area contributed by atoms with Crippen molar-refractivity contribution in [3.05, 3.63) is 34.6 Å². The maximum absolute atomic E-state index is 12.1. The smallest absolute Gasteiger partial charge is 0.370 e. The van der Waals surface area contributed by atoms with Gasteiger partial charge in [-0.15, -0.1) is 11.3 Å². The van der Waals surface area contributed by atoms with E-state index in [2.05, 4.69) is 15.0 Å². The highest BCUT2D eigenvalue weighted by atomic mass is 32.1. The number of halogens is 3. The Morgan fingerprint density at radius 3 is 2.78 bits per heavy atom. The Labute approximate surface area is 135 Å². The van der Waals surface area contributed by atoms with Crippen LogP contribution in [0.5, 0.6) is 0 Å². The summed E-state index contributed by atoms with van der Waals surface area (Å²) in [5, 5.41) is 5.15. The van der Waals surface area contributed by atoms with Gasteiger partial charge in [0.15, 0.2) is 5.13 Å². The van der Waals surface area contributed by atoms with Crippen LogP contribution in [0.4, 0.5) is 13.2 Å². The molecule has 2 heterocycles. The number of nitrogens with zero attached hydrogens (tertiary/aromatic N) is 2. The highest BCUT2D eigenvalue weighted by molar-refractivity contribution is 7.12. The number of rotatable bonds is 6. The molecule has 0 aromatic carbocycles. The predicted octanol–water partition coefficient (Wildman–Crippen LogP) is 2.86. The molecule has 2 rings (SSSR count). The van der Waals surface area contributed by atoms with Crippen LogP contribution < -0.4 is 5.32 Å². The second-order valence-corrected chi connectivity index (χ2v) is 5.73. The van der Waals surface area contributed by atoms with E-state index in [-0.39, 0.29) is 19.1 Å². The summed E-state index contributed by atoms with van der Waals surface area (Å²) in [6, 6.07) is 1.72. The van der Waals surface area contributed by atoms with Crippen LogP contribution in [0.15, 0.2) is 17.6 Å². The fourth-order valence-corrected chi connectivity index (χ4v) is 2.88. The molecular formula is C14H16F3N3O2S. The lowest BCUT2D eigenvalue weighted by Gasteiger charge is -2.09. The molecule has 0 spiro atoms. The summed E-state index contributed by atoms with van der Waals surface area (Å²) in [6.45, 7) is 2.15. The fourth-order valence-electron chi connectivity index (χ4n) is 2.13. The molecule has 0 saturated carbocycles. The molecule has 0 saturated heterocycles. The number of carbonyl (C=O) groups is 1. The molecule has 0 aliphatic heterocycles. The summed E-state index contributed by atoms with van der Waals surface area (Å²) in [5.74, 6) is -0.350. The first kappa shape index (κ1) is 17.5. The van der Waals surface area contributed by atoms with Gasteiger partial charge in [0.1, 0.15) is 6.61 Å². The van der Waals surface area contributed by atoms with E-state index < -0.39 is 12.8 Å². The normalized spacial score (nSPS) is 11.7. The van der Waals surface area contributed by atoms with Gasteiger partial charge in [-0.25, -0.2) is 4.98 Å². The Hall–Kier alpha value is -1.87. The van der Waals surface area contributed by atoms with E-state index in [0.717, 1.165) is 16.5 Å². The first-order chi connectivity index (χ1) is 10.8. The molecule has 1 N–H and O–H groups in total. The highest BCUT2D eigenvalue weighted by Gasteiger charge is 2.27. The monoisotopic (exact) mass is 347 g/mol. The quantitative estimate of drug-likeness (QED) is 0.818. The Bertz CT molecular complexity index is 666. The van der Waals surface area contributed by atoms with Crippen molar-refractivity contribution >= 4 is 17.2 Å². The number of ether oxygens (including phenoxy) is 1. The average molecular weight is 347 g/mol. The molecule has 0 aliphatic carbocycles. The molecule has 2 aromatic heterocycles. The van der Waals surface area contributed by atoms with Gasteiger partial charge in [-0.1, -0.05) is 0 Å². The van der Waals surface area contributed by atoms with Crippen LogP contribution in [0.25, 0.3) is 5.13 Å². The number of amides is 1. The SMILES string of the molecule is Cc1cc(C(=O)NCCOCC(F)(F)F)c(C)n1-c1nccs1. The molecule has 2 aromatic rings. The third-order valence-electron chi connectivity index (χ3n) is 3.08. The first-order valence-electron chi connectivity index (χ1n) is 6.81. The van der Waals surface area contributed by atoms with E-state index in [9.17, 15) is 18.0 Å². The minimum absolute atomic E-state index is 0.00975. The number of hydrogen-bond acceptors (Lipinski definition) is 4. The van der Waals surface area contributed by atoms with Crippen molar-refractivity contribution in [2.45, 2.75) is 20.0 Å². The molecule has 0 radical (unpaired) electrons. The minimum Gasteiger partial charge on any atom is -0.370 e. The van der Waals surface area contributed by atoms with Crippen molar-refractivity contribution in [2.24, 2.45) is 0 Å². The lowest BCUT2D eigenvalue weighted by atomic mass is 10.2. The zero-order valence-corrected chi connectivity index (χ0v) is 13.4. The van der Waals surface area contributed by atoms with E-state index in [1.54, 1.807) is 19.2 Å². The number of aryl methyl sites for hydroxylation is 1. The molecule has 0 fully saturated rings. The second-order valence-electron chi connectivity index (χ2n) is 4.86. The molecule has 0 unspecified atom stereocenters. The summed E-state index contributed by atoms with van der Waals surface area (Å²) in [6.07, 6.45) is -2.68. The summed E-state index contributed by atoms with van der Waals surface area (Å²) in [4.78, 5) is 16.4. The molecule has 23 heavy (non-hydrogen) atoms. The van der Waals surface area contributed by atoms with Gasteiger partial charge < -0.3 is 10.1 Å². The van der Waals surface area contributed by atoms with E-state index in [4.69, 9.17) is 0 Å². The fraction of sp³-hybridized carbons (Fsp3) is 0.429.